The summed E-state index contributed by atoms with van der Waals surface area (Å²) in [5.41, 5.74) is -1.10. The van der Waals surface area contributed by atoms with Crippen molar-refractivity contribution in [3.8, 4) is 5.75 Å². The molecular weight excluding hydrogens is 1030 g/mol. The van der Waals surface area contributed by atoms with Crippen LogP contribution in [0, 0.1) is 5.92 Å². The van der Waals surface area contributed by atoms with E-state index in [1.807, 2.05) is 26.8 Å². The van der Waals surface area contributed by atoms with Crippen LogP contribution in [0.3, 0.4) is 0 Å². The molecule has 2 fully saturated rings. The summed E-state index contributed by atoms with van der Waals surface area (Å²) in [7, 11) is 9.00. The summed E-state index contributed by atoms with van der Waals surface area (Å²) in [5, 5.41) is 14.6. The van der Waals surface area contributed by atoms with Crippen LogP contribution in [0.25, 0.3) is 0 Å². The van der Waals surface area contributed by atoms with E-state index in [1.165, 1.54) is 56.9 Å². The van der Waals surface area contributed by atoms with E-state index in [0.717, 1.165) is 11.1 Å². The minimum absolute atomic E-state index is 0.0693. The molecule has 1 aromatic carbocycles. The van der Waals surface area contributed by atoms with E-state index in [0.29, 0.717) is 77.1 Å². The van der Waals surface area contributed by atoms with Gasteiger partial charge < -0.3 is 67.2 Å². The van der Waals surface area contributed by atoms with Crippen molar-refractivity contribution in [1.29, 1.82) is 0 Å². The second-order valence-corrected chi connectivity index (χ2v) is 22.1. The number of ether oxygens (including phenoxy) is 10. The van der Waals surface area contributed by atoms with Crippen molar-refractivity contribution in [3.63, 3.8) is 0 Å². The summed E-state index contributed by atoms with van der Waals surface area (Å²) in [4.78, 5) is 83.6. The number of hydrogen-bond acceptors (Lipinski definition) is 18. The zero-order chi connectivity index (χ0) is 56.4. The molecule has 4 rings (SSSR count). The number of hydrogen-bond donors (Lipinski definition) is 2. The summed E-state index contributed by atoms with van der Waals surface area (Å²) in [5.74, 6) is -2.05. The number of nitrogens with one attached hydrogen (secondary N) is 1. The molecule has 3 heterocycles. The number of methoxy groups -OCH3 is 3. The molecule has 0 radical (unpaired) electrons. The number of likely N-dealkylation sites (N-methyl/N-ethyl adjacent to an activating group) is 2. The van der Waals surface area contributed by atoms with Gasteiger partial charge in [0.2, 0.25) is 17.7 Å². The molecule has 23 heteroatoms. The smallest absolute Gasteiger partial charge is 0.409 e. The first-order valence-corrected chi connectivity index (χ1v) is 26.9. The van der Waals surface area contributed by atoms with Crippen LogP contribution in [0.5, 0.6) is 5.75 Å². The lowest BCUT2D eigenvalue weighted by Gasteiger charge is -2.42. The highest BCUT2D eigenvalue weighted by molar-refractivity contribution is 8.01. The number of aliphatic hydroxyl groups is 1. The van der Waals surface area contributed by atoms with Gasteiger partial charge in [-0.25, -0.2) is 9.59 Å². The molecular formula is C53H81ClN4O17S. The molecule has 0 spiro atoms. The lowest BCUT2D eigenvalue weighted by molar-refractivity contribution is -0.162. The summed E-state index contributed by atoms with van der Waals surface area (Å²) < 4.78 is 55.5. The second-order valence-electron chi connectivity index (χ2n) is 20.0. The van der Waals surface area contributed by atoms with Crippen LogP contribution in [0.15, 0.2) is 35.9 Å². The van der Waals surface area contributed by atoms with E-state index >= 15 is 0 Å². The molecule has 8 atom stereocenters. The molecule has 4 bridgehead atoms. The number of halogens is 1. The predicted molar refractivity (Wildman–Crippen MR) is 284 cm³/mol. The first kappa shape index (κ1) is 64.0. The molecule has 76 heavy (non-hydrogen) atoms. The number of benzene rings is 1. The first-order chi connectivity index (χ1) is 35.9. The van der Waals surface area contributed by atoms with Crippen LogP contribution < -0.4 is 15.0 Å². The summed E-state index contributed by atoms with van der Waals surface area (Å²) >= 11 is 8.25. The van der Waals surface area contributed by atoms with Gasteiger partial charge in [0.25, 0.3) is 0 Å². The summed E-state index contributed by atoms with van der Waals surface area (Å²) in [6.07, 6.45) is 1.23. The van der Waals surface area contributed by atoms with Crippen LogP contribution >= 0.6 is 23.4 Å². The number of anilines is 1. The molecule has 3 aliphatic heterocycles. The molecule has 3 aliphatic rings. The Morgan fingerprint density at radius 3 is 2.22 bits per heavy atom. The minimum Gasteiger partial charge on any atom is -0.495 e. The molecule has 0 aliphatic carbocycles. The molecule has 0 unspecified atom stereocenters. The number of allylic oxidation sites excluding steroid dienone is 3. The van der Waals surface area contributed by atoms with Gasteiger partial charge in [-0.15, -0.1) is 11.8 Å². The van der Waals surface area contributed by atoms with Gasteiger partial charge in [-0.1, -0.05) is 56.2 Å². The quantitative estimate of drug-likeness (QED) is 0.0543. The zero-order valence-corrected chi connectivity index (χ0v) is 47.8. The summed E-state index contributed by atoms with van der Waals surface area (Å²) in [6, 6.07) is 2.48. The maximum Gasteiger partial charge on any atom is 0.409 e. The molecule has 2 saturated heterocycles. The maximum atomic E-state index is 14.4. The van der Waals surface area contributed by atoms with Gasteiger partial charge in [0.15, 0.2) is 5.72 Å². The van der Waals surface area contributed by atoms with Gasteiger partial charge in [-0.3, -0.25) is 24.5 Å². The van der Waals surface area contributed by atoms with Gasteiger partial charge in [-0.2, -0.15) is 0 Å². The number of epoxide rings is 1. The van der Waals surface area contributed by atoms with E-state index in [2.05, 4.69) is 10.1 Å². The Kier molecular flexibility index (Phi) is 25.3. The van der Waals surface area contributed by atoms with E-state index in [-0.39, 0.29) is 60.8 Å². The Hall–Kier alpha value is -4.52. The molecule has 1 aromatic rings. The Bertz CT molecular complexity index is 2200. The van der Waals surface area contributed by atoms with Gasteiger partial charge in [0, 0.05) is 58.3 Å². The molecule has 0 aromatic heterocycles. The van der Waals surface area contributed by atoms with Crippen LogP contribution in [0.1, 0.15) is 79.2 Å². The third-order valence-corrected chi connectivity index (χ3v) is 15.6. The Labute approximate surface area is 456 Å². The first-order valence-electron chi connectivity index (χ1n) is 25.5. The number of amides is 4. The van der Waals surface area contributed by atoms with Crippen LogP contribution in [0.2, 0.25) is 5.02 Å². The van der Waals surface area contributed by atoms with Crippen LogP contribution in [-0.2, 0) is 73.0 Å². The number of esters is 2. The van der Waals surface area contributed by atoms with Crippen molar-refractivity contribution >= 4 is 64.8 Å². The number of carbonyl (C=O) groups excluding carboxylic acids is 6. The lowest BCUT2D eigenvalue weighted by Crippen LogP contribution is -2.63. The number of carbonyl (C=O) groups is 6. The van der Waals surface area contributed by atoms with Crippen molar-refractivity contribution in [1.82, 2.24) is 15.1 Å². The number of rotatable bonds is 26. The standard InChI is InChI=1S/C53H81ClN4O17S/c1-34-14-13-15-41(67-11)53(65)32-40(73-50(64)55-53)35(2)48-52(6,75-48)42(31-44(60)58(9)38-29-37(28-34)30-39(66-10)47(38)54)74-49(63)36(3)57(8)43(59)16-18-51(4,5)76-33-45(61)56(7)19-21-70-23-25-72-27-26-71-24-22-69-20-17-46(62)68-12/h13-15,29-30,35-36,40-42,48,65H,16-28,31-33H2,1-12H3,(H,55,64)/b15-13+,34-14+/t35-,36+,40+,41-,42+,48+,52+,53+/m1/s1. The topological polar surface area (TPSA) is 240 Å². The second kappa shape index (κ2) is 30.0. The molecule has 21 nitrogen and oxygen atoms in total. The van der Waals surface area contributed by atoms with E-state index < -0.39 is 70.4 Å². The Balaban J connectivity index is 1.34. The van der Waals surface area contributed by atoms with Crippen molar-refractivity contribution < 1.29 is 81.2 Å². The average Bonchev–Trinajstić information content (AvgIpc) is 4.09. The predicted octanol–water partition coefficient (Wildman–Crippen LogP) is 4.89. The molecule has 4 amide bonds. The fourth-order valence-electron chi connectivity index (χ4n) is 8.59. The highest BCUT2D eigenvalue weighted by atomic mass is 35.5. The number of fused-ring (bicyclic) bond motifs is 5. The summed E-state index contributed by atoms with van der Waals surface area (Å²) in [6.45, 7) is 14.1. The van der Waals surface area contributed by atoms with E-state index in [9.17, 15) is 33.9 Å². The Morgan fingerprint density at radius 2 is 1.61 bits per heavy atom. The van der Waals surface area contributed by atoms with Gasteiger partial charge in [0.05, 0.1) is 97.5 Å². The maximum absolute atomic E-state index is 14.4. The number of nitrogens with zero attached hydrogens (tertiary/aromatic N) is 3. The lowest BCUT2D eigenvalue weighted by atomic mass is 9.83. The monoisotopic (exact) mass is 1110 g/mol. The number of thioether (sulfide) groups is 1. The van der Waals surface area contributed by atoms with Gasteiger partial charge >= 0.3 is 18.0 Å². The highest BCUT2D eigenvalue weighted by Gasteiger charge is 2.64. The van der Waals surface area contributed by atoms with Crippen LogP contribution in [-0.4, -0.2) is 205 Å². The average molecular weight is 1110 g/mol. The molecule has 428 valence electrons. The van der Waals surface area contributed by atoms with Gasteiger partial charge in [-0.05, 0) is 51.3 Å². The third kappa shape index (κ3) is 18.8. The van der Waals surface area contributed by atoms with Gasteiger partial charge in [0.1, 0.15) is 40.7 Å². The van der Waals surface area contributed by atoms with Crippen LogP contribution in [0.4, 0.5) is 10.5 Å². The van der Waals surface area contributed by atoms with E-state index in [4.69, 9.17) is 54.2 Å². The van der Waals surface area contributed by atoms with Crippen molar-refractivity contribution in [2.45, 2.75) is 127 Å². The zero-order valence-electron chi connectivity index (χ0n) is 46.3. The Morgan fingerprint density at radius 1 is 0.974 bits per heavy atom. The minimum atomic E-state index is -1.87. The molecule has 2 N–H and O–H groups in total. The van der Waals surface area contributed by atoms with E-state index in [1.54, 1.807) is 57.1 Å². The molecule has 0 saturated carbocycles. The SMILES string of the molecule is COC(=O)CCOCCOCCOCCOCCN(C)C(=O)CSC(C)(C)CCC(=O)N(C)[C@@H](C)C(=O)O[C@H]1CC(=O)N(C)c2cc(cc(OC)c2Cl)C/C(C)=C/C=C/[C@@H](OC)[C@@]2(O)C[C@H](OC(=O)N2)[C@@H](C)[C@@H]2O[C@@]12C. The fraction of sp³-hybridized carbons (Fsp3) is 0.698. The number of alkyl carbamates (subject to hydrolysis) is 1. The normalized spacial score (nSPS) is 25.4. The van der Waals surface area contributed by atoms with Crippen molar-refractivity contribution in [3.05, 3.63) is 46.5 Å². The van der Waals surface area contributed by atoms with Crippen molar-refractivity contribution in [2.24, 2.45) is 5.92 Å². The third-order valence-electron chi connectivity index (χ3n) is 13.8. The van der Waals surface area contributed by atoms with Crippen molar-refractivity contribution in [2.75, 3.05) is 113 Å². The largest absolute Gasteiger partial charge is 0.495 e. The fourth-order valence-corrected chi connectivity index (χ4v) is 9.88. The highest BCUT2D eigenvalue weighted by Crippen LogP contribution is 2.49.